The fourth-order valence-electron chi connectivity index (χ4n) is 4.91. The summed E-state index contributed by atoms with van der Waals surface area (Å²) in [7, 11) is 1.65. The molecule has 2 aliphatic rings. The molecule has 1 N–H and O–H groups in total. The topological polar surface area (TPSA) is 78.5 Å². The molecule has 1 fully saturated rings. The van der Waals surface area contributed by atoms with Gasteiger partial charge in [0.25, 0.3) is 5.56 Å². The maximum absolute atomic E-state index is 12.8. The molecule has 0 spiro atoms. The van der Waals surface area contributed by atoms with Crippen molar-refractivity contribution in [2.75, 3.05) is 33.3 Å². The van der Waals surface area contributed by atoms with Crippen LogP contribution in [-0.4, -0.2) is 59.0 Å². The van der Waals surface area contributed by atoms with E-state index in [4.69, 9.17) is 9.72 Å². The Morgan fingerprint density at radius 2 is 1.97 bits per heavy atom. The quantitative estimate of drug-likeness (QED) is 0.625. The average Bonchev–Trinajstić information content (AvgIpc) is 3.19. The van der Waals surface area contributed by atoms with Crippen LogP contribution in [-0.2, 0) is 30.6 Å². The van der Waals surface area contributed by atoms with E-state index in [1.807, 2.05) is 30.0 Å². The number of ether oxygens (including phenoxy) is 1. The third kappa shape index (κ3) is 4.54. The number of piperazine rings is 1. The molecular formula is C25H30N4O3S. The lowest BCUT2D eigenvalue weighted by Crippen LogP contribution is -2.49. The van der Waals surface area contributed by atoms with Gasteiger partial charge in [0.05, 0.1) is 25.5 Å². The molecule has 33 heavy (non-hydrogen) atoms. The second-order valence-electron chi connectivity index (χ2n) is 9.04. The lowest BCUT2D eigenvalue weighted by atomic mass is 9.97. The number of rotatable bonds is 5. The molecule has 0 saturated carbocycles. The van der Waals surface area contributed by atoms with Crippen LogP contribution in [0.4, 0.5) is 0 Å². The number of H-pyrrole nitrogens is 1. The molecule has 0 radical (unpaired) electrons. The van der Waals surface area contributed by atoms with Gasteiger partial charge in [-0.2, -0.15) is 0 Å². The van der Waals surface area contributed by atoms with Crippen molar-refractivity contribution in [2.24, 2.45) is 0 Å². The second kappa shape index (κ2) is 9.27. The van der Waals surface area contributed by atoms with E-state index in [0.717, 1.165) is 65.3 Å². The summed E-state index contributed by atoms with van der Waals surface area (Å²) in [6.45, 7) is 5.50. The van der Waals surface area contributed by atoms with Gasteiger partial charge in [-0.1, -0.05) is 12.1 Å². The number of hydrogen-bond donors (Lipinski definition) is 1. The molecule has 0 bridgehead atoms. The van der Waals surface area contributed by atoms with Gasteiger partial charge in [0, 0.05) is 31.1 Å². The summed E-state index contributed by atoms with van der Waals surface area (Å²) in [4.78, 5) is 39.8. The number of nitrogens with one attached hydrogen (secondary N) is 1. The molecule has 3 heterocycles. The van der Waals surface area contributed by atoms with Crippen LogP contribution in [0.3, 0.4) is 0 Å². The van der Waals surface area contributed by atoms with E-state index in [9.17, 15) is 9.59 Å². The summed E-state index contributed by atoms with van der Waals surface area (Å²) in [5.74, 6) is 1.67. The fourth-order valence-corrected chi connectivity index (χ4v) is 6.19. The van der Waals surface area contributed by atoms with Crippen molar-refractivity contribution >= 4 is 27.5 Å². The molecule has 0 atom stereocenters. The molecule has 1 amide bonds. The number of amides is 1. The van der Waals surface area contributed by atoms with Gasteiger partial charge in [-0.05, 0) is 55.4 Å². The van der Waals surface area contributed by atoms with E-state index in [-0.39, 0.29) is 11.5 Å². The normalized spacial score (nSPS) is 16.7. The summed E-state index contributed by atoms with van der Waals surface area (Å²) < 4.78 is 5.38. The highest BCUT2D eigenvalue weighted by Crippen LogP contribution is 2.33. The predicted octanol–water partition coefficient (Wildman–Crippen LogP) is 3.07. The summed E-state index contributed by atoms with van der Waals surface area (Å²) in [5.41, 5.74) is 3.25. The van der Waals surface area contributed by atoms with Gasteiger partial charge in [0.15, 0.2) is 0 Å². The lowest BCUT2D eigenvalue weighted by molar-refractivity contribution is -0.132. The summed E-state index contributed by atoms with van der Waals surface area (Å²) >= 11 is 1.69. The number of hydrogen-bond acceptors (Lipinski definition) is 6. The van der Waals surface area contributed by atoms with Crippen molar-refractivity contribution in [2.45, 2.75) is 45.6 Å². The van der Waals surface area contributed by atoms with Crippen LogP contribution < -0.4 is 10.3 Å². The fraction of sp³-hybridized carbons (Fsp3) is 0.480. The molecule has 2 aromatic heterocycles. The van der Waals surface area contributed by atoms with Crippen LogP contribution in [0.2, 0.25) is 0 Å². The summed E-state index contributed by atoms with van der Waals surface area (Å²) in [5, 5.41) is 0.807. The van der Waals surface area contributed by atoms with Gasteiger partial charge in [0.1, 0.15) is 16.4 Å². The van der Waals surface area contributed by atoms with E-state index in [1.54, 1.807) is 18.4 Å². The van der Waals surface area contributed by atoms with Gasteiger partial charge in [-0.3, -0.25) is 14.5 Å². The number of fused-ring (bicyclic) bond motifs is 3. The minimum Gasteiger partial charge on any atom is -0.496 e. The van der Waals surface area contributed by atoms with E-state index in [0.29, 0.717) is 26.1 Å². The van der Waals surface area contributed by atoms with E-state index in [2.05, 4.69) is 9.88 Å². The van der Waals surface area contributed by atoms with Crippen LogP contribution in [0, 0.1) is 6.92 Å². The lowest BCUT2D eigenvalue weighted by Gasteiger charge is -2.34. The number of benzene rings is 1. The molecule has 7 nitrogen and oxygen atoms in total. The maximum atomic E-state index is 12.8. The third-order valence-corrected chi connectivity index (χ3v) is 7.99. The van der Waals surface area contributed by atoms with Crippen molar-refractivity contribution in [3.63, 3.8) is 0 Å². The standard InChI is InChI=1S/C25H30N4O3S/c1-16-7-8-17(13-19(16)32-2)14-22(30)29-11-9-28(10-12-29)15-21-26-24(31)23-18-5-3-4-6-20(18)33-25(23)27-21/h7-8,13H,3-6,9-12,14-15H2,1-2H3,(H,26,27,31). The minimum atomic E-state index is -0.00302. The van der Waals surface area contributed by atoms with Crippen molar-refractivity contribution in [1.29, 1.82) is 0 Å². The zero-order valence-electron chi connectivity index (χ0n) is 19.3. The van der Waals surface area contributed by atoms with Crippen LogP contribution >= 0.6 is 11.3 Å². The Kier molecular flexibility index (Phi) is 6.21. The van der Waals surface area contributed by atoms with Crippen LogP contribution in [0.5, 0.6) is 5.75 Å². The van der Waals surface area contributed by atoms with Crippen LogP contribution in [0.1, 0.15) is 40.2 Å². The Hall–Kier alpha value is -2.71. The Bertz CT molecular complexity index is 1240. The summed E-state index contributed by atoms with van der Waals surface area (Å²) in [6.07, 6.45) is 4.79. The van der Waals surface area contributed by atoms with Crippen molar-refractivity contribution in [3.05, 3.63) is 55.9 Å². The second-order valence-corrected chi connectivity index (χ2v) is 10.1. The van der Waals surface area contributed by atoms with E-state index < -0.39 is 0 Å². The Balaban J connectivity index is 1.20. The minimum absolute atomic E-state index is 0.00302. The molecular weight excluding hydrogens is 436 g/mol. The average molecular weight is 467 g/mol. The van der Waals surface area contributed by atoms with Gasteiger partial charge in [-0.15, -0.1) is 11.3 Å². The Labute approximate surface area is 197 Å². The molecule has 1 aromatic carbocycles. The smallest absolute Gasteiger partial charge is 0.259 e. The highest BCUT2D eigenvalue weighted by Gasteiger charge is 2.23. The molecule has 0 unspecified atom stereocenters. The zero-order valence-corrected chi connectivity index (χ0v) is 20.1. The zero-order chi connectivity index (χ0) is 22.9. The van der Waals surface area contributed by atoms with E-state index in [1.165, 1.54) is 16.9 Å². The molecule has 1 aliphatic carbocycles. The molecule has 1 aliphatic heterocycles. The highest BCUT2D eigenvalue weighted by molar-refractivity contribution is 7.18. The maximum Gasteiger partial charge on any atom is 0.259 e. The number of carbonyl (C=O) groups excluding carboxylic acids is 1. The number of aromatic nitrogens is 2. The van der Waals surface area contributed by atoms with Gasteiger partial charge < -0.3 is 14.6 Å². The number of methoxy groups -OCH3 is 1. The van der Waals surface area contributed by atoms with E-state index >= 15 is 0 Å². The summed E-state index contributed by atoms with van der Waals surface area (Å²) in [6, 6.07) is 5.94. The third-order valence-electron chi connectivity index (χ3n) is 6.80. The predicted molar refractivity (Wildman–Crippen MR) is 130 cm³/mol. The first-order valence-corrected chi connectivity index (χ1v) is 12.5. The first kappa shape index (κ1) is 22.1. The van der Waals surface area contributed by atoms with Crippen LogP contribution in [0.15, 0.2) is 23.0 Å². The van der Waals surface area contributed by atoms with Gasteiger partial charge in [-0.25, -0.2) is 4.98 Å². The molecule has 8 heteroatoms. The number of carbonyl (C=O) groups is 1. The van der Waals surface area contributed by atoms with Crippen molar-refractivity contribution in [1.82, 2.24) is 19.8 Å². The monoisotopic (exact) mass is 466 g/mol. The SMILES string of the molecule is COc1cc(CC(=O)N2CCN(Cc3nc4sc5c(c4c(=O)[nH]3)CCCC5)CC2)ccc1C. The molecule has 1 saturated heterocycles. The first-order valence-electron chi connectivity index (χ1n) is 11.7. The molecule has 5 rings (SSSR count). The van der Waals surface area contributed by atoms with Gasteiger partial charge in [0.2, 0.25) is 5.91 Å². The number of aryl methyl sites for hydroxylation is 3. The van der Waals surface area contributed by atoms with Crippen LogP contribution in [0.25, 0.3) is 10.2 Å². The number of aromatic amines is 1. The van der Waals surface area contributed by atoms with Crippen molar-refractivity contribution in [3.8, 4) is 5.75 Å². The number of nitrogens with zero attached hydrogens (tertiary/aromatic N) is 3. The Morgan fingerprint density at radius 1 is 1.18 bits per heavy atom. The molecule has 3 aromatic rings. The number of thiophene rings is 1. The highest BCUT2D eigenvalue weighted by atomic mass is 32.1. The molecule has 174 valence electrons. The van der Waals surface area contributed by atoms with Crippen molar-refractivity contribution < 1.29 is 9.53 Å². The first-order chi connectivity index (χ1) is 16.0. The Morgan fingerprint density at radius 3 is 2.76 bits per heavy atom. The largest absolute Gasteiger partial charge is 0.496 e. The van der Waals surface area contributed by atoms with Gasteiger partial charge >= 0.3 is 0 Å².